The Kier molecular flexibility index (Phi) is 3.50. The maximum Gasteiger partial charge on any atom is 0.224 e. The van der Waals surface area contributed by atoms with Gasteiger partial charge in [0.2, 0.25) is 11.8 Å². The van der Waals surface area contributed by atoms with Gasteiger partial charge < -0.3 is 10.6 Å². The number of allylic oxidation sites excluding steroid dienone is 2. The first-order valence-electron chi connectivity index (χ1n) is 6.42. The fraction of sp³-hybridized carbons (Fsp3) is 0.692. The fourth-order valence-electron chi connectivity index (χ4n) is 3.12. The second kappa shape index (κ2) is 4.90. The first-order valence-corrected chi connectivity index (χ1v) is 6.42. The minimum Gasteiger partial charge on any atom is -0.356 e. The zero-order valence-electron chi connectivity index (χ0n) is 10.4. The maximum atomic E-state index is 12.0. The molecule has 2 amide bonds. The van der Waals surface area contributed by atoms with Gasteiger partial charge in [-0.2, -0.15) is 0 Å². The normalized spacial score (nSPS) is 33.8. The zero-order valence-corrected chi connectivity index (χ0v) is 10.4. The van der Waals surface area contributed by atoms with Crippen molar-refractivity contribution in [1.82, 2.24) is 10.6 Å². The number of amides is 2. The summed E-state index contributed by atoms with van der Waals surface area (Å²) in [6, 6.07) is 0. The van der Waals surface area contributed by atoms with Crippen LogP contribution in [0, 0.1) is 23.7 Å². The molecule has 0 aromatic carbocycles. The average Bonchev–Trinajstić information content (AvgIpc) is 2.89. The molecule has 0 aromatic rings. The molecule has 2 aliphatic carbocycles. The second-order valence-electron chi connectivity index (χ2n) is 4.79. The minimum absolute atomic E-state index is 0.0283. The Morgan fingerprint density at radius 2 is 1.41 bits per heavy atom. The summed E-state index contributed by atoms with van der Waals surface area (Å²) in [5, 5.41) is 5.69. The van der Waals surface area contributed by atoms with Crippen LogP contribution >= 0.6 is 0 Å². The largest absolute Gasteiger partial charge is 0.356 e. The van der Waals surface area contributed by atoms with Crippen LogP contribution in [0.1, 0.15) is 20.3 Å². The van der Waals surface area contributed by atoms with Gasteiger partial charge >= 0.3 is 0 Å². The third kappa shape index (κ3) is 2.08. The molecule has 0 radical (unpaired) electrons. The molecule has 0 unspecified atom stereocenters. The lowest BCUT2D eigenvalue weighted by molar-refractivity contribution is -0.135. The van der Waals surface area contributed by atoms with E-state index in [0.717, 1.165) is 6.42 Å². The fourth-order valence-corrected chi connectivity index (χ4v) is 3.12. The molecule has 0 spiro atoms. The first kappa shape index (κ1) is 12.1. The number of fused-ring (bicyclic) bond motifs is 2. The van der Waals surface area contributed by atoms with E-state index in [1.54, 1.807) is 0 Å². The van der Waals surface area contributed by atoms with Gasteiger partial charge in [0.1, 0.15) is 0 Å². The average molecular weight is 236 g/mol. The van der Waals surface area contributed by atoms with E-state index in [1.807, 2.05) is 13.8 Å². The standard InChI is InChI=1S/C13H20N2O2/c1-3-14-12(16)10-8-5-6-9(7-8)11(10)13(17)15-4-2/h5-6,8-11H,3-4,7H2,1-2H3,(H,14,16)(H,15,17)/t8-,9-,10-,11+/m0/s1. The van der Waals surface area contributed by atoms with Crippen molar-refractivity contribution in [3.8, 4) is 0 Å². The van der Waals surface area contributed by atoms with Crippen molar-refractivity contribution in [3.63, 3.8) is 0 Å². The Balaban J connectivity index is 2.14. The summed E-state index contributed by atoms with van der Waals surface area (Å²) < 4.78 is 0. The Morgan fingerprint density at radius 3 is 1.76 bits per heavy atom. The van der Waals surface area contributed by atoms with Crippen LogP contribution in [0.4, 0.5) is 0 Å². The monoisotopic (exact) mass is 236 g/mol. The van der Waals surface area contributed by atoms with E-state index in [1.165, 1.54) is 0 Å². The Labute approximate surface area is 102 Å². The van der Waals surface area contributed by atoms with Gasteiger partial charge in [0.05, 0.1) is 11.8 Å². The molecule has 1 saturated carbocycles. The molecule has 2 N–H and O–H groups in total. The molecule has 4 nitrogen and oxygen atoms in total. The van der Waals surface area contributed by atoms with Crippen LogP contribution in [0.3, 0.4) is 0 Å². The summed E-state index contributed by atoms with van der Waals surface area (Å²) in [4.78, 5) is 24.1. The van der Waals surface area contributed by atoms with Crippen LogP contribution in [0.5, 0.6) is 0 Å². The highest BCUT2D eigenvalue weighted by Gasteiger charge is 2.51. The highest BCUT2D eigenvalue weighted by atomic mass is 16.2. The Hall–Kier alpha value is -1.32. The molecule has 0 aliphatic heterocycles. The molecule has 2 aliphatic rings. The lowest BCUT2D eigenvalue weighted by Crippen LogP contribution is -2.44. The van der Waals surface area contributed by atoms with E-state index in [9.17, 15) is 9.59 Å². The third-order valence-corrected chi connectivity index (χ3v) is 3.77. The summed E-state index contributed by atoms with van der Waals surface area (Å²) in [5.74, 6) is 0.215. The van der Waals surface area contributed by atoms with Crippen molar-refractivity contribution < 1.29 is 9.59 Å². The summed E-state index contributed by atoms with van der Waals surface area (Å²) in [7, 11) is 0. The van der Waals surface area contributed by atoms with Gasteiger partial charge in [-0.05, 0) is 32.1 Å². The summed E-state index contributed by atoms with van der Waals surface area (Å²) in [6.07, 6.45) is 5.14. The van der Waals surface area contributed by atoms with Crippen LogP contribution in [0.2, 0.25) is 0 Å². The minimum atomic E-state index is -0.170. The van der Waals surface area contributed by atoms with Gasteiger partial charge in [-0.25, -0.2) is 0 Å². The van der Waals surface area contributed by atoms with E-state index >= 15 is 0 Å². The molecule has 2 bridgehead atoms. The van der Waals surface area contributed by atoms with Gasteiger partial charge in [0.15, 0.2) is 0 Å². The van der Waals surface area contributed by atoms with Crippen molar-refractivity contribution in [2.45, 2.75) is 20.3 Å². The molecule has 1 fully saturated rings. The van der Waals surface area contributed by atoms with Gasteiger partial charge in [-0.15, -0.1) is 0 Å². The lowest BCUT2D eigenvalue weighted by Gasteiger charge is -2.25. The van der Waals surface area contributed by atoms with Gasteiger partial charge in [0.25, 0.3) is 0 Å². The lowest BCUT2D eigenvalue weighted by atomic mass is 9.81. The van der Waals surface area contributed by atoms with Crippen molar-refractivity contribution in [3.05, 3.63) is 12.2 Å². The molecular weight excluding hydrogens is 216 g/mol. The number of carbonyl (C=O) groups excluding carboxylic acids is 2. The summed E-state index contributed by atoms with van der Waals surface area (Å²) in [6.45, 7) is 5.06. The quantitative estimate of drug-likeness (QED) is 0.706. The number of carbonyl (C=O) groups is 2. The molecular formula is C13H20N2O2. The van der Waals surface area contributed by atoms with Crippen molar-refractivity contribution in [1.29, 1.82) is 0 Å². The Bertz CT molecular complexity index is 319. The van der Waals surface area contributed by atoms with E-state index < -0.39 is 0 Å². The first-order chi connectivity index (χ1) is 8.19. The Morgan fingerprint density at radius 1 is 1.00 bits per heavy atom. The molecule has 4 atom stereocenters. The van der Waals surface area contributed by atoms with Crippen molar-refractivity contribution in [2.75, 3.05) is 13.1 Å². The van der Waals surface area contributed by atoms with E-state index in [-0.39, 0.29) is 35.5 Å². The molecule has 4 heteroatoms. The highest BCUT2D eigenvalue weighted by Crippen LogP contribution is 2.48. The highest BCUT2D eigenvalue weighted by molar-refractivity contribution is 5.89. The number of hydrogen-bond donors (Lipinski definition) is 2. The van der Waals surface area contributed by atoms with Crippen LogP contribution < -0.4 is 10.6 Å². The van der Waals surface area contributed by atoms with Gasteiger partial charge in [-0.3, -0.25) is 9.59 Å². The number of hydrogen-bond acceptors (Lipinski definition) is 2. The molecule has 0 saturated heterocycles. The topological polar surface area (TPSA) is 58.2 Å². The van der Waals surface area contributed by atoms with Crippen molar-refractivity contribution in [2.24, 2.45) is 23.7 Å². The zero-order chi connectivity index (χ0) is 12.4. The van der Waals surface area contributed by atoms with Gasteiger partial charge in [-0.1, -0.05) is 12.2 Å². The van der Waals surface area contributed by atoms with E-state index in [4.69, 9.17) is 0 Å². The van der Waals surface area contributed by atoms with Gasteiger partial charge in [0, 0.05) is 13.1 Å². The predicted octanol–water partition coefficient (Wildman–Crippen LogP) is 0.697. The molecule has 94 valence electrons. The smallest absolute Gasteiger partial charge is 0.224 e. The van der Waals surface area contributed by atoms with E-state index in [2.05, 4.69) is 22.8 Å². The SMILES string of the molecule is CCNC(=O)[C@@H]1[C@H](C(=O)NCC)[C@H]2C=C[C@H]1C2. The number of rotatable bonds is 4. The van der Waals surface area contributed by atoms with Crippen LogP contribution in [-0.2, 0) is 9.59 Å². The summed E-state index contributed by atoms with van der Waals surface area (Å²) >= 11 is 0. The van der Waals surface area contributed by atoms with Crippen LogP contribution in [0.25, 0.3) is 0 Å². The summed E-state index contributed by atoms with van der Waals surface area (Å²) in [5.41, 5.74) is 0. The maximum absolute atomic E-state index is 12.0. The second-order valence-corrected chi connectivity index (χ2v) is 4.79. The predicted molar refractivity (Wildman–Crippen MR) is 65.1 cm³/mol. The number of nitrogens with one attached hydrogen (secondary N) is 2. The van der Waals surface area contributed by atoms with E-state index in [0.29, 0.717) is 13.1 Å². The van der Waals surface area contributed by atoms with Crippen molar-refractivity contribution >= 4 is 11.8 Å². The molecule has 0 aromatic heterocycles. The third-order valence-electron chi connectivity index (χ3n) is 3.77. The van der Waals surface area contributed by atoms with Crippen LogP contribution in [-0.4, -0.2) is 24.9 Å². The molecule has 0 heterocycles. The molecule has 17 heavy (non-hydrogen) atoms. The van der Waals surface area contributed by atoms with Crippen LogP contribution in [0.15, 0.2) is 12.2 Å². The molecule has 2 rings (SSSR count).